The van der Waals surface area contributed by atoms with Gasteiger partial charge < -0.3 is 10.1 Å². The third kappa shape index (κ3) is 2.64. The van der Waals surface area contributed by atoms with E-state index in [9.17, 15) is 4.79 Å². The van der Waals surface area contributed by atoms with Gasteiger partial charge in [0.2, 0.25) is 0 Å². The molecule has 0 aromatic heterocycles. The summed E-state index contributed by atoms with van der Waals surface area (Å²) in [6.07, 6.45) is 1.02. The van der Waals surface area contributed by atoms with Crippen LogP contribution >= 0.6 is 0 Å². The van der Waals surface area contributed by atoms with Crippen molar-refractivity contribution >= 4 is 5.91 Å². The largest absolute Gasteiger partial charge is 0.497 e. The first-order valence-electron chi connectivity index (χ1n) is 7.22. The maximum absolute atomic E-state index is 12.4. The predicted molar refractivity (Wildman–Crippen MR) is 82.5 cm³/mol. The Hall–Kier alpha value is -2.29. The lowest BCUT2D eigenvalue weighted by atomic mass is 10.0. The molecule has 21 heavy (non-hydrogen) atoms. The molecule has 2 atom stereocenters. The fourth-order valence-corrected chi connectivity index (χ4v) is 2.98. The Bertz CT molecular complexity index is 649. The molecule has 1 aliphatic rings. The van der Waals surface area contributed by atoms with Crippen molar-refractivity contribution < 1.29 is 9.53 Å². The molecule has 0 heterocycles. The van der Waals surface area contributed by atoms with Crippen LogP contribution in [0.5, 0.6) is 5.75 Å². The number of ether oxygens (including phenoxy) is 1. The minimum atomic E-state index is -0.0359. The molecule has 2 unspecified atom stereocenters. The van der Waals surface area contributed by atoms with Crippen LogP contribution in [0, 0.1) is 5.92 Å². The monoisotopic (exact) mass is 281 g/mol. The summed E-state index contributed by atoms with van der Waals surface area (Å²) in [6.45, 7) is 2.18. The van der Waals surface area contributed by atoms with Gasteiger partial charge in [-0.2, -0.15) is 0 Å². The highest BCUT2D eigenvalue weighted by atomic mass is 16.5. The number of carbonyl (C=O) groups is 1. The van der Waals surface area contributed by atoms with Crippen molar-refractivity contribution in [2.24, 2.45) is 5.92 Å². The first-order chi connectivity index (χ1) is 10.2. The number of fused-ring (bicyclic) bond motifs is 1. The van der Waals surface area contributed by atoms with Crippen molar-refractivity contribution in [3.8, 4) is 5.75 Å². The fraction of sp³-hybridized carbons (Fsp3) is 0.278. The zero-order valence-corrected chi connectivity index (χ0v) is 12.3. The Labute approximate surface area is 124 Å². The van der Waals surface area contributed by atoms with Crippen molar-refractivity contribution in [3.63, 3.8) is 0 Å². The normalized spacial score (nSPS) is 19.9. The van der Waals surface area contributed by atoms with Crippen LogP contribution in [-0.2, 0) is 6.42 Å². The van der Waals surface area contributed by atoms with E-state index in [0.29, 0.717) is 11.5 Å². The molecule has 2 aromatic carbocycles. The lowest BCUT2D eigenvalue weighted by molar-refractivity contribution is 0.0927. The molecule has 1 N–H and O–H groups in total. The Morgan fingerprint density at radius 2 is 1.86 bits per heavy atom. The van der Waals surface area contributed by atoms with Crippen LogP contribution < -0.4 is 10.1 Å². The number of carbonyl (C=O) groups excluding carboxylic acids is 1. The Balaban J connectivity index is 1.78. The van der Waals surface area contributed by atoms with Crippen molar-refractivity contribution in [3.05, 3.63) is 65.2 Å². The van der Waals surface area contributed by atoms with Gasteiger partial charge in [-0.15, -0.1) is 0 Å². The topological polar surface area (TPSA) is 38.3 Å². The van der Waals surface area contributed by atoms with E-state index in [1.54, 1.807) is 31.4 Å². The zero-order valence-electron chi connectivity index (χ0n) is 12.3. The second kappa shape index (κ2) is 5.60. The van der Waals surface area contributed by atoms with E-state index in [4.69, 9.17) is 4.74 Å². The van der Waals surface area contributed by atoms with Gasteiger partial charge in [-0.25, -0.2) is 0 Å². The average molecular weight is 281 g/mol. The molecule has 0 saturated carbocycles. The van der Waals surface area contributed by atoms with Crippen LogP contribution in [0.15, 0.2) is 48.5 Å². The van der Waals surface area contributed by atoms with Crippen LogP contribution in [-0.4, -0.2) is 13.0 Å². The minimum Gasteiger partial charge on any atom is -0.497 e. The van der Waals surface area contributed by atoms with E-state index in [1.807, 2.05) is 6.07 Å². The molecule has 0 radical (unpaired) electrons. The molecule has 0 aliphatic heterocycles. The summed E-state index contributed by atoms with van der Waals surface area (Å²) < 4.78 is 5.11. The molecule has 108 valence electrons. The fourth-order valence-electron chi connectivity index (χ4n) is 2.98. The average Bonchev–Trinajstić information content (AvgIpc) is 2.83. The van der Waals surface area contributed by atoms with E-state index in [1.165, 1.54) is 11.1 Å². The van der Waals surface area contributed by atoms with E-state index < -0.39 is 0 Å². The molecule has 0 saturated heterocycles. The van der Waals surface area contributed by atoms with Crippen LogP contribution in [0.1, 0.15) is 34.5 Å². The first-order valence-corrected chi connectivity index (χ1v) is 7.22. The predicted octanol–water partition coefficient (Wildman–Crippen LogP) is 3.36. The van der Waals surface area contributed by atoms with Gasteiger partial charge in [0.25, 0.3) is 5.91 Å². The van der Waals surface area contributed by atoms with E-state index in [0.717, 1.165) is 12.2 Å². The Morgan fingerprint density at radius 1 is 1.14 bits per heavy atom. The number of nitrogens with one attached hydrogen (secondary N) is 1. The lowest BCUT2D eigenvalue weighted by Gasteiger charge is -2.19. The quantitative estimate of drug-likeness (QED) is 0.937. The molecule has 0 spiro atoms. The van der Waals surface area contributed by atoms with Crippen molar-refractivity contribution in [2.75, 3.05) is 7.11 Å². The van der Waals surface area contributed by atoms with Crippen LogP contribution in [0.25, 0.3) is 0 Å². The Morgan fingerprint density at radius 3 is 2.57 bits per heavy atom. The van der Waals surface area contributed by atoms with Crippen molar-refractivity contribution in [1.82, 2.24) is 5.32 Å². The summed E-state index contributed by atoms with van der Waals surface area (Å²) in [7, 11) is 1.62. The molecule has 1 aliphatic carbocycles. The van der Waals surface area contributed by atoms with Crippen LogP contribution in [0.4, 0.5) is 0 Å². The third-order valence-electron chi connectivity index (χ3n) is 4.14. The summed E-state index contributed by atoms with van der Waals surface area (Å²) in [5, 5.41) is 3.16. The summed E-state index contributed by atoms with van der Waals surface area (Å²) in [4.78, 5) is 12.4. The second-order valence-corrected chi connectivity index (χ2v) is 5.56. The number of amides is 1. The minimum absolute atomic E-state index is 0.0359. The van der Waals surface area contributed by atoms with Crippen molar-refractivity contribution in [2.45, 2.75) is 19.4 Å². The third-order valence-corrected chi connectivity index (χ3v) is 4.14. The van der Waals surface area contributed by atoms with Gasteiger partial charge in [-0.1, -0.05) is 31.2 Å². The maximum atomic E-state index is 12.4. The standard InChI is InChI=1S/C18H19NO2/c1-12-11-14-5-3-4-6-16(14)17(12)19-18(20)13-7-9-15(21-2)10-8-13/h3-10,12,17H,11H2,1-2H3,(H,19,20). The van der Waals surface area contributed by atoms with E-state index in [2.05, 4.69) is 30.4 Å². The molecule has 3 heteroatoms. The number of methoxy groups -OCH3 is 1. The number of hydrogen-bond donors (Lipinski definition) is 1. The molecular formula is C18H19NO2. The molecule has 0 bridgehead atoms. The summed E-state index contributed by atoms with van der Waals surface area (Å²) in [6, 6.07) is 15.6. The lowest BCUT2D eigenvalue weighted by Crippen LogP contribution is -2.30. The highest BCUT2D eigenvalue weighted by molar-refractivity contribution is 5.94. The maximum Gasteiger partial charge on any atom is 0.251 e. The molecule has 3 nitrogen and oxygen atoms in total. The number of hydrogen-bond acceptors (Lipinski definition) is 2. The van der Waals surface area contributed by atoms with Gasteiger partial charge in [0.05, 0.1) is 13.2 Å². The van der Waals surface area contributed by atoms with Gasteiger partial charge in [0.1, 0.15) is 5.75 Å². The first kappa shape index (κ1) is 13.7. The number of rotatable bonds is 3. The molecular weight excluding hydrogens is 262 g/mol. The smallest absolute Gasteiger partial charge is 0.251 e. The molecule has 3 rings (SSSR count). The molecule has 0 fully saturated rings. The summed E-state index contributed by atoms with van der Waals surface area (Å²) >= 11 is 0. The summed E-state index contributed by atoms with van der Waals surface area (Å²) in [5.41, 5.74) is 3.24. The van der Waals surface area contributed by atoms with E-state index >= 15 is 0 Å². The summed E-state index contributed by atoms with van der Waals surface area (Å²) in [5.74, 6) is 1.14. The van der Waals surface area contributed by atoms with Gasteiger partial charge in [0, 0.05) is 5.56 Å². The highest BCUT2D eigenvalue weighted by Crippen LogP contribution is 2.35. The molecule has 2 aromatic rings. The van der Waals surface area contributed by atoms with Crippen LogP contribution in [0.3, 0.4) is 0 Å². The van der Waals surface area contributed by atoms with Gasteiger partial charge in [-0.3, -0.25) is 4.79 Å². The zero-order chi connectivity index (χ0) is 14.8. The van der Waals surface area contributed by atoms with Crippen LogP contribution in [0.2, 0.25) is 0 Å². The molecule has 1 amide bonds. The van der Waals surface area contributed by atoms with Gasteiger partial charge in [-0.05, 0) is 47.7 Å². The van der Waals surface area contributed by atoms with Crippen molar-refractivity contribution in [1.29, 1.82) is 0 Å². The van der Waals surface area contributed by atoms with Gasteiger partial charge >= 0.3 is 0 Å². The van der Waals surface area contributed by atoms with E-state index in [-0.39, 0.29) is 11.9 Å². The second-order valence-electron chi connectivity index (χ2n) is 5.56. The number of benzene rings is 2. The Kier molecular flexibility index (Phi) is 3.65. The SMILES string of the molecule is COc1ccc(C(=O)NC2c3ccccc3CC2C)cc1. The van der Waals surface area contributed by atoms with Gasteiger partial charge in [0.15, 0.2) is 0 Å². The highest BCUT2D eigenvalue weighted by Gasteiger charge is 2.30.